The van der Waals surface area contributed by atoms with E-state index in [2.05, 4.69) is 11.5 Å². The number of nitrogens with zero attached hydrogens (tertiary/aromatic N) is 1. The van der Waals surface area contributed by atoms with Crippen molar-refractivity contribution in [3.8, 4) is 0 Å². The summed E-state index contributed by atoms with van der Waals surface area (Å²) >= 11 is 0. The van der Waals surface area contributed by atoms with Crippen molar-refractivity contribution in [1.29, 1.82) is 0 Å². The number of hydrogen-bond donors (Lipinski definition) is 0. The Morgan fingerprint density at radius 1 is 1.43 bits per heavy atom. The number of carbonyl (C=O) groups excluding carboxylic acids is 1. The lowest BCUT2D eigenvalue weighted by molar-refractivity contribution is -0.130. The summed E-state index contributed by atoms with van der Waals surface area (Å²) in [4.78, 5) is 14.2. The number of Topliss-reactive ketones (excluding diaryl/α,β-unsaturated/α-hetero) is 1. The van der Waals surface area contributed by atoms with Crippen LogP contribution in [0.2, 0.25) is 0 Å². The zero-order valence-electron chi connectivity index (χ0n) is 8.74. The van der Waals surface area contributed by atoms with Crippen LogP contribution in [0, 0.1) is 0 Å². The summed E-state index contributed by atoms with van der Waals surface area (Å²) in [5.74, 6) is 0.433. The van der Waals surface area contributed by atoms with Gasteiger partial charge in [-0.05, 0) is 32.2 Å². The van der Waals surface area contributed by atoms with Gasteiger partial charge in [0.1, 0.15) is 5.78 Å². The first-order valence-corrected chi connectivity index (χ1v) is 5.72. The van der Waals surface area contributed by atoms with Crippen LogP contribution in [0.15, 0.2) is 12.7 Å². The monoisotopic (exact) mass is 193 g/mol. The molecule has 2 heterocycles. The molecular weight excluding hydrogens is 174 g/mol. The van der Waals surface area contributed by atoms with Gasteiger partial charge in [-0.15, -0.1) is 6.58 Å². The Balaban J connectivity index is 2.09. The summed E-state index contributed by atoms with van der Waals surface area (Å²) in [7, 11) is 0. The fraction of sp³-hybridized carbons (Fsp3) is 0.750. The van der Waals surface area contributed by atoms with Crippen LogP contribution in [0.25, 0.3) is 0 Å². The van der Waals surface area contributed by atoms with E-state index in [1.165, 1.54) is 19.3 Å². The average Bonchev–Trinajstić information content (AvgIpc) is 2.23. The fourth-order valence-electron chi connectivity index (χ4n) is 2.83. The summed E-state index contributed by atoms with van der Waals surface area (Å²) in [5.41, 5.74) is 0. The van der Waals surface area contributed by atoms with Gasteiger partial charge in [0.25, 0.3) is 0 Å². The quantitative estimate of drug-likeness (QED) is 0.626. The van der Waals surface area contributed by atoms with Crippen molar-refractivity contribution < 1.29 is 4.79 Å². The maximum absolute atomic E-state index is 11.7. The molecule has 0 bridgehead atoms. The van der Waals surface area contributed by atoms with Gasteiger partial charge >= 0.3 is 0 Å². The van der Waals surface area contributed by atoms with Crippen LogP contribution in [-0.4, -0.2) is 29.3 Å². The second-order valence-corrected chi connectivity index (χ2v) is 4.43. The molecule has 0 spiro atoms. The van der Waals surface area contributed by atoms with Gasteiger partial charge in [-0.3, -0.25) is 9.69 Å². The third-order valence-electron chi connectivity index (χ3n) is 3.56. The molecule has 2 fully saturated rings. The molecule has 0 aromatic heterocycles. The van der Waals surface area contributed by atoms with Gasteiger partial charge in [0, 0.05) is 12.5 Å². The highest BCUT2D eigenvalue weighted by atomic mass is 16.1. The van der Waals surface area contributed by atoms with E-state index < -0.39 is 0 Å². The highest BCUT2D eigenvalue weighted by Crippen LogP contribution is 2.29. The van der Waals surface area contributed by atoms with Crippen molar-refractivity contribution in [3.05, 3.63) is 12.7 Å². The lowest BCUT2D eigenvalue weighted by Crippen LogP contribution is -2.53. The molecule has 0 N–H and O–H groups in total. The van der Waals surface area contributed by atoms with Gasteiger partial charge in [-0.25, -0.2) is 0 Å². The zero-order chi connectivity index (χ0) is 9.97. The molecular formula is C12H19NO. The Morgan fingerprint density at radius 3 is 3.07 bits per heavy atom. The van der Waals surface area contributed by atoms with Gasteiger partial charge in [-0.1, -0.05) is 12.5 Å². The molecule has 0 aromatic carbocycles. The third-order valence-corrected chi connectivity index (χ3v) is 3.56. The second-order valence-electron chi connectivity index (χ2n) is 4.43. The van der Waals surface area contributed by atoms with Crippen molar-refractivity contribution >= 4 is 5.78 Å². The Kier molecular flexibility index (Phi) is 3.02. The van der Waals surface area contributed by atoms with Crippen molar-refractivity contribution in [1.82, 2.24) is 4.90 Å². The van der Waals surface area contributed by atoms with E-state index >= 15 is 0 Å². The lowest BCUT2D eigenvalue weighted by Gasteiger charge is -2.43. The maximum Gasteiger partial charge on any atom is 0.150 e. The Morgan fingerprint density at radius 2 is 2.29 bits per heavy atom. The van der Waals surface area contributed by atoms with Crippen LogP contribution in [0.3, 0.4) is 0 Å². The predicted octanol–water partition coefficient (Wildman–Crippen LogP) is 2.15. The smallest absolute Gasteiger partial charge is 0.150 e. The van der Waals surface area contributed by atoms with Crippen molar-refractivity contribution in [2.75, 3.05) is 6.54 Å². The minimum atomic E-state index is 0.159. The highest BCUT2D eigenvalue weighted by Gasteiger charge is 2.36. The van der Waals surface area contributed by atoms with E-state index in [4.69, 9.17) is 0 Å². The van der Waals surface area contributed by atoms with Gasteiger partial charge < -0.3 is 0 Å². The topological polar surface area (TPSA) is 20.3 Å². The first kappa shape index (κ1) is 9.91. The summed E-state index contributed by atoms with van der Waals surface area (Å²) in [5, 5.41) is 0. The van der Waals surface area contributed by atoms with Gasteiger partial charge in [-0.2, -0.15) is 0 Å². The summed E-state index contributed by atoms with van der Waals surface area (Å²) in [6.45, 7) is 4.87. The molecule has 0 amide bonds. The van der Waals surface area contributed by atoms with Gasteiger partial charge in [0.05, 0.1) is 6.04 Å². The zero-order valence-corrected chi connectivity index (χ0v) is 8.74. The molecule has 2 heteroatoms. The SMILES string of the molecule is C=CC[C@H]1C(=O)CC[C@@H]2CCCCN21. The van der Waals surface area contributed by atoms with Crippen LogP contribution in [0.1, 0.15) is 38.5 Å². The van der Waals surface area contributed by atoms with Crippen LogP contribution < -0.4 is 0 Å². The molecule has 0 saturated carbocycles. The van der Waals surface area contributed by atoms with Gasteiger partial charge in [0.15, 0.2) is 0 Å². The molecule has 2 atom stereocenters. The standard InChI is InChI=1S/C12H19NO/c1-2-5-11-12(14)8-7-10-6-3-4-9-13(10)11/h2,10-11H,1,3-9H2/t10-,11-/m0/s1. The fourth-order valence-corrected chi connectivity index (χ4v) is 2.83. The van der Waals surface area contributed by atoms with E-state index in [9.17, 15) is 4.79 Å². The second kappa shape index (κ2) is 4.26. The Hall–Kier alpha value is -0.630. The highest BCUT2D eigenvalue weighted by molar-refractivity contribution is 5.85. The largest absolute Gasteiger partial charge is 0.298 e. The van der Waals surface area contributed by atoms with Crippen molar-refractivity contribution in [2.24, 2.45) is 0 Å². The van der Waals surface area contributed by atoms with E-state index in [0.29, 0.717) is 11.8 Å². The number of fused-ring (bicyclic) bond motifs is 1. The lowest BCUT2D eigenvalue weighted by atomic mass is 9.87. The molecule has 2 rings (SSSR count). The Labute approximate surface area is 86.0 Å². The minimum absolute atomic E-state index is 0.159. The van der Waals surface area contributed by atoms with Crippen LogP contribution in [0.4, 0.5) is 0 Å². The molecule has 0 radical (unpaired) electrons. The van der Waals surface area contributed by atoms with E-state index in [1.54, 1.807) is 0 Å². The normalized spacial score (nSPS) is 33.9. The number of hydrogen-bond acceptors (Lipinski definition) is 2. The summed E-state index contributed by atoms with van der Waals surface area (Å²) < 4.78 is 0. The average molecular weight is 193 g/mol. The van der Waals surface area contributed by atoms with E-state index in [0.717, 1.165) is 25.8 Å². The molecule has 0 aliphatic carbocycles. The third kappa shape index (κ3) is 1.76. The predicted molar refractivity (Wildman–Crippen MR) is 57.2 cm³/mol. The molecule has 0 aromatic rings. The van der Waals surface area contributed by atoms with Crippen molar-refractivity contribution in [3.63, 3.8) is 0 Å². The number of piperidine rings is 2. The van der Waals surface area contributed by atoms with E-state index in [1.807, 2.05) is 6.08 Å². The number of rotatable bonds is 2. The maximum atomic E-state index is 11.7. The number of ketones is 1. The number of carbonyl (C=O) groups is 1. The van der Waals surface area contributed by atoms with Crippen LogP contribution in [-0.2, 0) is 4.79 Å². The molecule has 2 saturated heterocycles. The summed E-state index contributed by atoms with van der Waals surface area (Å²) in [6, 6.07) is 0.845. The molecule has 0 unspecified atom stereocenters. The summed E-state index contributed by atoms with van der Waals surface area (Å²) in [6.07, 6.45) is 8.51. The van der Waals surface area contributed by atoms with Crippen molar-refractivity contribution in [2.45, 2.75) is 50.6 Å². The van der Waals surface area contributed by atoms with Crippen LogP contribution in [0.5, 0.6) is 0 Å². The first-order valence-electron chi connectivity index (χ1n) is 5.72. The molecule has 2 aliphatic heterocycles. The van der Waals surface area contributed by atoms with Crippen LogP contribution >= 0.6 is 0 Å². The van der Waals surface area contributed by atoms with Gasteiger partial charge in [0.2, 0.25) is 0 Å². The van der Waals surface area contributed by atoms with E-state index in [-0.39, 0.29) is 6.04 Å². The molecule has 14 heavy (non-hydrogen) atoms. The Bertz CT molecular complexity index is 236. The molecule has 2 nitrogen and oxygen atoms in total. The minimum Gasteiger partial charge on any atom is -0.298 e. The first-order chi connectivity index (χ1) is 6.83. The molecule has 2 aliphatic rings. The molecule has 78 valence electrons.